The van der Waals surface area contributed by atoms with Gasteiger partial charge in [0.2, 0.25) is 0 Å². The second kappa shape index (κ2) is 4.56. The van der Waals surface area contributed by atoms with Gasteiger partial charge in [-0.2, -0.15) is 0 Å². The van der Waals surface area contributed by atoms with Crippen molar-refractivity contribution < 1.29 is 0 Å². The first-order chi connectivity index (χ1) is 6.77. The number of hydrogen-bond acceptors (Lipinski definition) is 2. The topological polar surface area (TPSA) is 26.0 Å². The molecule has 1 aromatic rings. The molecule has 0 aliphatic heterocycles. The molecule has 2 N–H and O–H groups in total. The van der Waals surface area contributed by atoms with Gasteiger partial charge in [-0.25, -0.2) is 0 Å². The molecular formula is C11H14ClNS. The van der Waals surface area contributed by atoms with Crippen molar-refractivity contribution in [2.24, 2.45) is 5.73 Å². The SMILES string of the molecule is NC1CCCC1Sc1ccccc1Cl. The summed E-state index contributed by atoms with van der Waals surface area (Å²) in [5.74, 6) is 0. The summed E-state index contributed by atoms with van der Waals surface area (Å²) >= 11 is 7.92. The smallest absolute Gasteiger partial charge is 0.0541 e. The van der Waals surface area contributed by atoms with Crippen molar-refractivity contribution in [2.45, 2.75) is 35.4 Å². The van der Waals surface area contributed by atoms with Crippen LogP contribution in [-0.4, -0.2) is 11.3 Å². The molecule has 2 unspecified atom stereocenters. The van der Waals surface area contributed by atoms with Crippen molar-refractivity contribution in [3.8, 4) is 0 Å². The first-order valence-electron chi connectivity index (χ1n) is 4.94. The fourth-order valence-electron chi connectivity index (χ4n) is 1.80. The van der Waals surface area contributed by atoms with Crippen molar-refractivity contribution in [1.82, 2.24) is 0 Å². The first-order valence-corrected chi connectivity index (χ1v) is 6.20. The second-order valence-corrected chi connectivity index (χ2v) is 5.37. The molecule has 0 aromatic heterocycles. The lowest BCUT2D eigenvalue weighted by molar-refractivity contribution is 0.716. The molecule has 76 valence electrons. The third kappa shape index (κ3) is 2.25. The number of benzene rings is 1. The Morgan fingerprint density at radius 1 is 1.29 bits per heavy atom. The molecule has 1 nitrogen and oxygen atoms in total. The highest BCUT2D eigenvalue weighted by molar-refractivity contribution is 8.00. The Labute approximate surface area is 94.0 Å². The molecule has 2 rings (SSSR count). The van der Waals surface area contributed by atoms with Gasteiger partial charge in [-0.15, -0.1) is 11.8 Å². The fourth-order valence-corrected chi connectivity index (χ4v) is 3.33. The quantitative estimate of drug-likeness (QED) is 0.839. The van der Waals surface area contributed by atoms with E-state index in [2.05, 4.69) is 6.07 Å². The lowest BCUT2D eigenvalue weighted by atomic mass is 10.3. The Balaban J connectivity index is 2.07. The third-order valence-corrected chi connectivity index (χ3v) is 4.56. The van der Waals surface area contributed by atoms with Crippen LogP contribution in [0.5, 0.6) is 0 Å². The lowest BCUT2D eigenvalue weighted by Gasteiger charge is -2.15. The van der Waals surface area contributed by atoms with Gasteiger partial charge in [-0.1, -0.05) is 30.2 Å². The van der Waals surface area contributed by atoms with Gasteiger partial charge in [0.1, 0.15) is 0 Å². The minimum atomic E-state index is 0.344. The molecule has 0 spiro atoms. The van der Waals surface area contributed by atoms with Crippen molar-refractivity contribution in [2.75, 3.05) is 0 Å². The average molecular weight is 228 g/mol. The fraction of sp³-hybridized carbons (Fsp3) is 0.455. The molecule has 1 aromatic carbocycles. The average Bonchev–Trinajstić information content (AvgIpc) is 2.56. The summed E-state index contributed by atoms with van der Waals surface area (Å²) in [6.45, 7) is 0. The number of nitrogens with two attached hydrogens (primary N) is 1. The molecule has 0 bridgehead atoms. The van der Waals surface area contributed by atoms with E-state index in [1.54, 1.807) is 0 Å². The van der Waals surface area contributed by atoms with E-state index in [4.69, 9.17) is 17.3 Å². The largest absolute Gasteiger partial charge is 0.327 e. The maximum absolute atomic E-state index is 6.09. The molecule has 1 aliphatic carbocycles. The Morgan fingerprint density at radius 2 is 2.07 bits per heavy atom. The Kier molecular flexibility index (Phi) is 3.37. The third-order valence-electron chi connectivity index (χ3n) is 2.62. The van der Waals surface area contributed by atoms with Gasteiger partial charge in [-0.05, 0) is 25.0 Å². The van der Waals surface area contributed by atoms with Gasteiger partial charge >= 0.3 is 0 Å². The summed E-state index contributed by atoms with van der Waals surface area (Å²) in [6, 6.07) is 8.33. The molecule has 0 amide bonds. The second-order valence-electron chi connectivity index (χ2n) is 3.68. The Morgan fingerprint density at radius 3 is 2.71 bits per heavy atom. The zero-order valence-corrected chi connectivity index (χ0v) is 9.52. The van der Waals surface area contributed by atoms with E-state index in [0.29, 0.717) is 11.3 Å². The Hall–Kier alpha value is -0.180. The zero-order valence-electron chi connectivity index (χ0n) is 7.95. The van der Waals surface area contributed by atoms with Crippen LogP contribution < -0.4 is 5.73 Å². The van der Waals surface area contributed by atoms with Crippen molar-refractivity contribution in [3.63, 3.8) is 0 Å². The van der Waals surface area contributed by atoms with Crippen molar-refractivity contribution in [3.05, 3.63) is 29.3 Å². The highest BCUT2D eigenvalue weighted by Crippen LogP contribution is 2.37. The van der Waals surface area contributed by atoms with Crippen LogP contribution in [0.4, 0.5) is 0 Å². The first kappa shape index (κ1) is 10.3. The predicted molar refractivity (Wildman–Crippen MR) is 62.9 cm³/mol. The molecule has 0 heterocycles. The van der Waals surface area contributed by atoms with E-state index >= 15 is 0 Å². The van der Waals surface area contributed by atoms with Crippen LogP contribution in [0.1, 0.15) is 19.3 Å². The van der Waals surface area contributed by atoms with E-state index in [0.717, 1.165) is 16.3 Å². The standard InChI is InChI=1S/C11H14ClNS/c12-8-4-1-2-6-10(8)14-11-7-3-5-9(11)13/h1-2,4,6,9,11H,3,5,7,13H2. The summed E-state index contributed by atoms with van der Waals surface area (Å²) in [4.78, 5) is 1.16. The number of thioether (sulfide) groups is 1. The maximum Gasteiger partial charge on any atom is 0.0541 e. The van der Waals surface area contributed by atoms with E-state index in [1.165, 1.54) is 12.8 Å². The summed E-state index contributed by atoms with van der Waals surface area (Å²) in [5, 5.41) is 1.39. The Bertz CT molecular complexity index is 316. The number of rotatable bonds is 2. The van der Waals surface area contributed by atoms with Gasteiger partial charge in [0.15, 0.2) is 0 Å². The molecule has 1 aliphatic rings. The van der Waals surface area contributed by atoms with Crippen LogP contribution in [0.15, 0.2) is 29.2 Å². The predicted octanol–water partition coefficient (Wildman–Crippen LogP) is 3.31. The van der Waals surface area contributed by atoms with Crippen LogP contribution in [0, 0.1) is 0 Å². The van der Waals surface area contributed by atoms with Gasteiger partial charge in [0.05, 0.1) is 5.02 Å². The molecule has 3 heteroatoms. The molecule has 2 atom stereocenters. The molecule has 0 saturated heterocycles. The van der Waals surface area contributed by atoms with Gasteiger partial charge < -0.3 is 5.73 Å². The molecule has 1 fully saturated rings. The monoisotopic (exact) mass is 227 g/mol. The molecule has 14 heavy (non-hydrogen) atoms. The van der Waals surface area contributed by atoms with Crippen LogP contribution in [0.25, 0.3) is 0 Å². The molecule has 0 radical (unpaired) electrons. The van der Waals surface area contributed by atoms with Gasteiger partial charge in [-0.3, -0.25) is 0 Å². The number of hydrogen-bond donors (Lipinski definition) is 1. The van der Waals surface area contributed by atoms with Crippen molar-refractivity contribution >= 4 is 23.4 Å². The van der Waals surface area contributed by atoms with Gasteiger partial charge in [0.25, 0.3) is 0 Å². The van der Waals surface area contributed by atoms with Crippen LogP contribution in [-0.2, 0) is 0 Å². The van der Waals surface area contributed by atoms with E-state index < -0.39 is 0 Å². The normalized spacial score (nSPS) is 26.7. The summed E-state index contributed by atoms with van der Waals surface area (Å²) in [6.07, 6.45) is 3.63. The van der Waals surface area contributed by atoms with E-state index in [9.17, 15) is 0 Å². The summed E-state index contributed by atoms with van der Waals surface area (Å²) in [5.41, 5.74) is 6.01. The summed E-state index contributed by atoms with van der Waals surface area (Å²) < 4.78 is 0. The van der Waals surface area contributed by atoms with Crippen LogP contribution >= 0.6 is 23.4 Å². The van der Waals surface area contributed by atoms with Crippen LogP contribution in [0.3, 0.4) is 0 Å². The molecular weight excluding hydrogens is 214 g/mol. The maximum atomic E-state index is 6.09. The highest BCUT2D eigenvalue weighted by Gasteiger charge is 2.25. The van der Waals surface area contributed by atoms with E-state index in [1.807, 2.05) is 30.0 Å². The summed E-state index contributed by atoms with van der Waals surface area (Å²) in [7, 11) is 0. The minimum Gasteiger partial charge on any atom is -0.327 e. The lowest BCUT2D eigenvalue weighted by Crippen LogP contribution is -2.26. The minimum absolute atomic E-state index is 0.344. The zero-order chi connectivity index (χ0) is 9.97. The van der Waals surface area contributed by atoms with E-state index in [-0.39, 0.29) is 0 Å². The highest BCUT2D eigenvalue weighted by atomic mass is 35.5. The van der Waals surface area contributed by atoms with Crippen LogP contribution in [0.2, 0.25) is 5.02 Å². The van der Waals surface area contributed by atoms with Gasteiger partial charge in [0, 0.05) is 16.2 Å². The number of halogens is 1. The molecule has 1 saturated carbocycles. The van der Waals surface area contributed by atoms with Crippen molar-refractivity contribution in [1.29, 1.82) is 0 Å².